The van der Waals surface area contributed by atoms with E-state index in [1.54, 1.807) is 23.1 Å². The van der Waals surface area contributed by atoms with Crippen LogP contribution in [0.5, 0.6) is 0 Å². The van der Waals surface area contributed by atoms with Crippen molar-refractivity contribution in [3.05, 3.63) is 66.2 Å². The third-order valence-electron chi connectivity index (χ3n) is 3.73. The number of carbonyl (C=O) groups is 2. The topological polar surface area (TPSA) is 63.4 Å². The summed E-state index contributed by atoms with van der Waals surface area (Å²) in [7, 11) is 0. The largest absolute Gasteiger partial charge is 0.366 e. The standard InChI is InChI=1S/C18H16N2O2/c19-18(22)16-6-2-1-5-15(16)13-8-10-14(11-9-13)20-12-4-3-7-17(20)21/h1-3,5-11H,4,12H2,(H2,19,22). The van der Waals surface area contributed by atoms with E-state index in [1.165, 1.54) is 0 Å². The second kappa shape index (κ2) is 5.85. The summed E-state index contributed by atoms with van der Waals surface area (Å²) in [4.78, 5) is 25.1. The Morgan fingerprint density at radius 1 is 1.05 bits per heavy atom. The van der Waals surface area contributed by atoms with Gasteiger partial charge in [0.15, 0.2) is 0 Å². The smallest absolute Gasteiger partial charge is 0.250 e. The van der Waals surface area contributed by atoms with E-state index in [0.29, 0.717) is 12.1 Å². The first-order chi connectivity index (χ1) is 10.7. The lowest BCUT2D eigenvalue weighted by Crippen LogP contribution is -2.32. The zero-order valence-corrected chi connectivity index (χ0v) is 12.0. The Balaban J connectivity index is 1.94. The molecule has 110 valence electrons. The maximum atomic E-state index is 11.9. The van der Waals surface area contributed by atoms with Crippen LogP contribution in [-0.4, -0.2) is 18.4 Å². The van der Waals surface area contributed by atoms with Crippen LogP contribution < -0.4 is 10.6 Å². The molecule has 1 aliphatic heterocycles. The summed E-state index contributed by atoms with van der Waals surface area (Å²) in [5.41, 5.74) is 8.47. The number of carbonyl (C=O) groups excluding carboxylic acids is 2. The van der Waals surface area contributed by atoms with Crippen molar-refractivity contribution in [3.8, 4) is 11.1 Å². The Hall–Kier alpha value is -2.88. The minimum absolute atomic E-state index is 0.00321. The Morgan fingerprint density at radius 2 is 1.77 bits per heavy atom. The van der Waals surface area contributed by atoms with Gasteiger partial charge in [-0.05, 0) is 41.8 Å². The van der Waals surface area contributed by atoms with Gasteiger partial charge in [-0.2, -0.15) is 0 Å². The number of anilines is 1. The Morgan fingerprint density at radius 3 is 2.45 bits per heavy atom. The fourth-order valence-corrected chi connectivity index (χ4v) is 2.61. The third-order valence-corrected chi connectivity index (χ3v) is 3.73. The molecule has 2 amide bonds. The van der Waals surface area contributed by atoms with Crippen LogP contribution in [0.25, 0.3) is 11.1 Å². The summed E-state index contributed by atoms with van der Waals surface area (Å²) in [6, 6.07) is 14.8. The summed E-state index contributed by atoms with van der Waals surface area (Å²) in [6.45, 7) is 0.687. The molecule has 0 saturated heterocycles. The highest BCUT2D eigenvalue weighted by molar-refractivity contribution is 6.03. The molecule has 0 unspecified atom stereocenters. The summed E-state index contributed by atoms with van der Waals surface area (Å²) in [6.07, 6.45) is 4.34. The fourth-order valence-electron chi connectivity index (χ4n) is 2.61. The minimum atomic E-state index is -0.448. The maximum absolute atomic E-state index is 11.9. The normalized spacial score (nSPS) is 14.2. The average Bonchev–Trinajstić information content (AvgIpc) is 2.55. The number of primary amides is 1. The average molecular weight is 292 g/mol. The van der Waals surface area contributed by atoms with Gasteiger partial charge in [-0.3, -0.25) is 9.59 Å². The third kappa shape index (κ3) is 2.63. The molecule has 2 N–H and O–H groups in total. The SMILES string of the molecule is NC(=O)c1ccccc1-c1ccc(N2CCC=CC2=O)cc1. The van der Waals surface area contributed by atoms with Crippen LogP contribution in [0.15, 0.2) is 60.7 Å². The maximum Gasteiger partial charge on any atom is 0.250 e. The summed E-state index contributed by atoms with van der Waals surface area (Å²) >= 11 is 0. The fraction of sp³-hybridized carbons (Fsp3) is 0.111. The predicted molar refractivity (Wildman–Crippen MR) is 86.5 cm³/mol. The van der Waals surface area contributed by atoms with Gasteiger partial charge in [0, 0.05) is 17.8 Å². The molecule has 1 aliphatic rings. The molecule has 0 atom stereocenters. The zero-order valence-electron chi connectivity index (χ0n) is 12.0. The van der Waals surface area contributed by atoms with Crippen LogP contribution in [0.1, 0.15) is 16.8 Å². The molecule has 22 heavy (non-hydrogen) atoms. The molecule has 0 bridgehead atoms. The second-order valence-corrected chi connectivity index (χ2v) is 5.14. The molecule has 2 aromatic carbocycles. The number of hydrogen-bond acceptors (Lipinski definition) is 2. The number of nitrogens with zero attached hydrogens (tertiary/aromatic N) is 1. The molecule has 1 heterocycles. The first-order valence-electron chi connectivity index (χ1n) is 7.14. The van der Waals surface area contributed by atoms with E-state index in [2.05, 4.69) is 0 Å². The van der Waals surface area contributed by atoms with Crippen molar-refractivity contribution in [2.24, 2.45) is 5.73 Å². The van der Waals surface area contributed by atoms with Gasteiger partial charge in [0.25, 0.3) is 5.91 Å². The first kappa shape index (κ1) is 14.1. The van der Waals surface area contributed by atoms with E-state index in [4.69, 9.17) is 5.73 Å². The zero-order chi connectivity index (χ0) is 15.5. The lowest BCUT2D eigenvalue weighted by atomic mass is 9.99. The van der Waals surface area contributed by atoms with Crippen molar-refractivity contribution in [1.29, 1.82) is 0 Å². The van der Waals surface area contributed by atoms with Gasteiger partial charge in [0.2, 0.25) is 5.91 Å². The Labute approximate surface area is 128 Å². The van der Waals surface area contributed by atoms with Crippen molar-refractivity contribution in [2.45, 2.75) is 6.42 Å². The molecule has 0 spiro atoms. The lowest BCUT2D eigenvalue weighted by Gasteiger charge is -2.23. The molecule has 0 radical (unpaired) electrons. The van der Waals surface area contributed by atoms with Crippen molar-refractivity contribution < 1.29 is 9.59 Å². The minimum Gasteiger partial charge on any atom is -0.366 e. The van der Waals surface area contributed by atoms with Crippen LogP contribution in [0.2, 0.25) is 0 Å². The number of amides is 2. The van der Waals surface area contributed by atoms with E-state index in [9.17, 15) is 9.59 Å². The number of hydrogen-bond donors (Lipinski definition) is 1. The van der Waals surface area contributed by atoms with Crippen LogP contribution >= 0.6 is 0 Å². The van der Waals surface area contributed by atoms with Gasteiger partial charge in [0.05, 0.1) is 0 Å². The summed E-state index contributed by atoms with van der Waals surface area (Å²) < 4.78 is 0. The van der Waals surface area contributed by atoms with Crippen LogP contribution in [0, 0.1) is 0 Å². The first-order valence-corrected chi connectivity index (χ1v) is 7.14. The molecule has 0 fully saturated rings. The van der Waals surface area contributed by atoms with Crippen molar-refractivity contribution in [1.82, 2.24) is 0 Å². The monoisotopic (exact) mass is 292 g/mol. The number of nitrogens with two attached hydrogens (primary N) is 1. The van der Waals surface area contributed by atoms with Gasteiger partial charge in [-0.1, -0.05) is 36.4 Å². The van der Waals surface area contributed by atoms with Gasteiger partial charge in [-0.25, -0.2) is 0 Å². The molecule has 0 saturated carbocycles. The van der Waals surface area contributed by atoms with Crippen LogP contribution in [0.3, 0.4) is 0 Å². The van der Waals surface area contributed by atoms with Crippen molar-refractivity contribution >= 4 is 17.5 Å². The van der Waals surface area contributed by atoms with E-state index in [1.807, 2.05) is 42.5 Å². The van der Waals surface area contributed by atoms with Crippen LogP contribution in [-0.2, 0) is 4.79 Å². The van der Waals surface area contributed by atoms with Crippen LogP contribution in [0.4, 0.5) is 5.69 Å². The number of benzene rings is 2. The second-order valence-electron chi connectivity index (χ2n) is 5.14. The van der Waals surface area contributed by atoms with E-state index in [-0.39, 0.29) is 5.91 Å². The number of rotatable bonds is 3. The highest BCUT2D eigenvalue weighted by atomic mass is 16.2. The van der Waals surface area contributed by atoms with Gasteiger partial charge >= 0.3 is 0 Å². The van der Waals surface area contributed by atoms with Crippen molar-refractivity contribution in [3.63, 3.8) is 0 Å². The molecule has 2 aromatic rings. The van der Waals surface area contributed by atoms with Gasteiger partial charge < -0.3 is 10.6 Å². The van der Waals surface area contributed by atoms with E-state index in [0.717, 1.165) is 23.2 Å². The quantitative estimate of drug-likeness (QED) is 0.945. The van der Waals surface area contributed by atoms with Gasteiger partial charge in [0.1, 0.15) is 0 Å². The molecule has 0 aliphatic carbocycles. The molecule has 3 rings (SSSR count). The lowest BCUT2D eigenvalue weighted by molar-refractivity contribution is -0.114. The predicted octanol–water partition coefficient (Wildman–Crippen LogP) is 2.75. The summed E-state index contributed by atoms with van der Waals surface area (Å²) in [5.74, 6) is -0.451. The molecular weight excluding hydrogens is 276 g/mol. The Bertz CT molecular complexity index is 748. The Kier molecular flexibility index (Phi) is 3.74. The molecule has 0 aromatic heterocycles. The van der Waals surface area contributed by atoms with Gasteiger partial charge in [-0.15, -0.1) is 0 Å². The highest BCUT2D eigenvalue weighted by Gasteiger charge is 2.16. The summed E-state index contributed by atoms with van der Waals surface area (Å²) in [5, 5.41) is 0. The van der Waals surface area contributed by atoms with E-state index < -0.39 is 5.91 Å². The van der Waals surface area contributed by atoms with E-state index >= 15 is 0 Å². The molecular formula is C18H16N2O2. The highest BCUT2D eigenvalue weighted by Crippen LogP contribution is 2.27. The molecule has 4 heteroatoms. The molecule has 4 nitrogen and oxygen atoms in total. The van der Waals surface area contributed by atoms with Crippen molar-refractivity contribution in [2.75, 3.05) is 11.4 Å².